The zero-order valence-corrected chi connectivity index (χ0v) is 11.1. The number of aliphatic carboxylic acids is 1. The molecule has 0 aromatic heterocycles. The Hall–Kier alpha value is -1.06. The van der Waals surface area contributed by atoms with E-state index in [0.29, 0.717) is 5.02 Å². The molecule has 2 atom stereocenters. The fraction of sp³-hybridized carbons (Fsp3) is 0.462. The van der Waals surface area contributed by atoms with Gasteiger partial charge in [0.25, 0.3) is 0 Å². The third-order valence-electron chi connectivity index (χ3n) is 2.85. The second-order valence-corrected chi connectivity index (χ2v) is 4.68. The summed E-state index contributed by atoms with van der Waals surface area (Å²) in [6.07, 6.45) is 0.885. The average Bonchev–Trinajstić information content (AvgIpc) is 2.26. The molecular formula is C13H18ClNO2. The van der Waals surface area contributed by atoms with E-state index in [1.165, 1.54) is 0 Å². The van der Waals surface area contributed by atoms with Gasteiger partial charge in [0.2, 0.25) is 0 Å². The first-order valence-corrected chi connectivity index (χ1v) is 6.08. The minimum Gasteiger partial charge on any atom is -0.480 e. The molecule has 1 aromatic rings. The Kier molecular flexibility index (Phi) is 4.97. The third kappa shape index (κ3) is 3.72. The molecule has 0 radical (unpaired) electrons. The van der Waals surface area contributed by atoms with E-state index in [-0.39, 0.29) is 6.04 Å². The summed E-state index contributed by atoms with van der Waals surface area (Å²) in [4.78, 5) is 11.3. The molecule has 17 heavy (non-hydrogen) atoms. The highest BCUT2D eigenvalue weighted by molar-refractivity contribution is 6.30. The van der Waals surface area contributed by atoms with Crippen LogP contribution in [0.25, 0.3) is 0 Å². The Morgan fingerprint density at radius 1 is 1.53 bits per heavy atom. The lowest BCUT2D eigenvalue weighted by Crippen LogP contribution is -2.35. The first kappa shape index (κ1) is 14.0. The predicted molar refractivity (Wildman–Crippen MR) is 69.5 cm³/mol. The van der Waals surface area contributed by atoms with Gasteiger partial charge in [-0.3, -0.25) is 10.1 Å². The van der Waals surface area contributed by atoms with E-state index in [1.54, 1.807) is 18.2 Å². The summed E-state index contributed by atoms with van der Waals surface area (Å²) in [6, 6.07) is 4.75. The average molecular weight is 256 g/mol. The molecule has 0 heterocycles. The summed E-state index contributed by atoms with van der Waals surface area (Å²) in [7, 11) is 0. The van der Waals surface area contributed by atoms with Crippen molar-refractivity contribution in [3.05, 3.63) is 34.3 Å². The van der Waals surface area contributed by atoms with Crippen molar-refractivity contribution >= 4 is 17.6 Å². The number of carboxylic acids is 1. The number of nitrogens with one attached hydrogen (secondary N) is 1. The van der Waals surface area contributed by atoms with Gasteiger partial charge < -0.3 is 5.11 Å². The number of rotatable bonds is 5. The van der Waals surface area contributed by atoms with Crippen LogP contribution in [0, 0.1) is 6.92 Å². The van der Waals surface area contributed by atoms with E-state index in [9.17, 15) is 9.90 Å². The molecule has 0 saturated heterocycles. The maximum absolute atomic E-state index is 11.3. The molecule has 2 unspecified atom stereocenters. The van der Waals surface area contributed by atoms with Gasteiger partial charge in [0.15, 0.2) is 0 Å². The molecule has 0 amide bonds. The number of aryl methyl sites for hydroxylation is 1. The monoisotopic (exact) mass is 255 g/mol. The topological polar surface area (TPSA) is 49.3 Å². The molecule has 1 rings (SSSR count). The minimum atomic E-state index is -0.865. The van der Waals surface area contributed by atoms with E-state index in [4.69, 9.17) is 11.6 Å². The fourth-order valence-electron chi connectivity index (χ4n) is 1.66. The van der Waals surface area contributed by atoms with Crippen LogP contribution in [0.15, 0.2) is 18.2 Å². The van der Waals surface area contributed by atoms with E-state index in [1.807, 2.05) is 20.8 Å². The Morgan fingerprint density at radius 2 is 2.18 bits per heavy atom. The van der Waals surface area contributed by atoms with Gasteiger partial charge in [-0.15, -0.1) is 0 Å². The van der Waals surface area contributed by atoms with E-state index in [0.717, 1.165) is 17.5 Å². The maximum Gasteiger partial charge on any atom is 0.325 e. The molecule has 0 aliphatic heterocycles. The van der Waals surface area contributed by atoms with Crippen molar-refractivity contribution in [3.63, 3.8) is 0 Å². The van der Waals surface area contributed by atoms with Gasteiger partial charge in [0.1, 0.15) is 6.04 Å². The van der Waals surface area contributed by atoms with Crippen LogP contribution in [0.1, 0.15) is 37.4 Å². The largest absolute Gasteiger partial charge is 0.480 e. The molecule has 0 spiro atoms. The lowest BCUT2D eigenvalue weighted by atomic mass is 10.0. The minimum absolute atomic E-state index is 0.158. The molecule has 0 saturated carbocycles. The van der Waals surface area contributed by atoms with Crippen LogP contribution in [0.5, 0.6) is 0 Å². The number of hydrogen-bond acceptors (Lipinski definition) is 2. The Balaban J connectivity index is 3.01. The van der Waals surface area contributed by atoms with Crippen LogP contribution in [-0.4, -0.2) is 17.1 Å². The Morgan fingerprint density at radius 3 is 2.65 bits per heavy atom. The van der Waals surface area contributed by atoms with Crippen LogP contribution >= 0.6 is 11.6 Å². The van der Waals surface area contributed by atoms with Gasteiger partial charge in [-0.25, -0.2) is 0 Å². The second kappa shape index (κ2) is 6.03. The van der Waals surface area contributed by atoms with Crippen molar-refractivity contribution < 1.29 is 9.90 Å². The molecule has 4 heteroatoms. The third-order valence-corrected chi connectivity index (χ3v) is 3.09. The van der Waals surface area contributed by atoms with Gasteiger partial charge in [-0.1, -0.05) is 24.6 Å². The summed E-state index contributed by atoms with van der Waals surface area (Å²) in [6.45, 7) is 5.86. The molecule has 3 nitrogen and oxygen atoms in total. The summed E-state index contributed by atoms with van der Waals surface area (Å²) >= 11 is 5.87. The molecular weight excluding hydrogens is 238 g/mol. The van der Waals surface area contributed by atoms with Crippen molar-refractivity contribution in [2.75, 3.05) is 0 Å². The predicted octanol–water partition coefficient (Wildman–Crippen LogP) is 3.16. The molecule has 2 N–H and O–H groups in total. The lowest BCUT2D eigenvalue weighted by molar-refractivity contribution is -0.139. The lowest BCUT2D eigenvalue weighted by Gasteiger charge is -2.21. The number of halogens is 1. The van der Waals surface area contributed by atoms with Crippen molar-refractivity contribution in [2.24, 2.45) is 0 Å². The molecule has 1 aromatic carbocycles. The highest BCUT2D eigenvalue weighted by Crippen LogP contribution is 2.22. The van der Waals surface area contributed by atoms with Crippen molar-refractivity contribution in [3.8, 4) is 0 Å². The van der Waals surface area contributed by atoms with Crippen LogP contribution < -0.4 is 5.32 Å². The van der Waals surface area contributed by atoms with Crippen molar-refractivity contribution in [2.45, 2.75) is 39.3 Å². The molecule has 0 bridgehead atoms. The summed E-state index contributed by atoms with van der Waals surface area (Å²) < 4.78 is 0. The first-order chi connectivity index (χ1) is 7.95. The van der Waals surface area contributed by atoms with Gasteiger partial charge in [0, 0.05) is 11.1 Å². The zero-order valence-electron chi connectivity index (χ0n) is 10.3. The van der Waals surface area contributed by atoms with Crippen LogP contribution in [0.2, 0.25) is 5.02 Å². The molecule has 0 aliphatic carbocycles. The Labute approximate surface area is 107 Å². The number of carbonyl (C=O) groups is 1. The van der Waals surface area contributed by atoms with E-state index >= 15 is 0 Å². The molecule has 94 valence electrons. The Bertz CT molecular complexity index is 406. The standard InChI is InChI=1S/C13H18ClNO2/c1-4-9(3)15-12(13(16)17)11-6-5-10(14)7-8(11)2/h5-7,9,12,15H,4H2,1-3H3,(H,16,17). The van der Waals surface area contributed by atoms with Gasteiger partial charge >= 0.3 is 5.97 Å². The van der Waals surface area contributed by atoms with Crippen LogP contribution in [0.3, 0.4) is 0 Å². The second-order valence-electron chi connectivity index (χ2n) is 4.25. The summed E-state index contributed by atoms with van der Waals surface area (Å²) in [5.41, 5.74) is 1.66. The van der Waals surface area contributed by atoms with Gasteiger partial charge in [-0.05, 0) is 43.5 Å². The zero-order chi connectivity index (χ0) is 13.0. The van der Waals surface area contributed by atoms with E-state index < -0.39 is 12.0 Å². The number of benzene rings is 1. The maximum atomic E-state index is 11.3. The summed E-state index contributed by atoms with van der Waals surface area (Å²) in [5, 5.41) is 13.0. The number of carboxylic acid groups (broad SMARTS) is 1. The number of hydrogen-bond donors (Lipinski definition) is 2. The van der Waals surface area contributed by atoms with Crippen LogP contribution in [-0.2, 0) is 4.79 Å². The smallest absolute Gasteiger partial charge is 0.325 e. The summed E-state index contributed by atoms with van der Waals surface area (Å²) in [5.74, 6) is -0.865. The first-order valence-electron chi connectivity index (χ1n) is 5.70. The van der Waals surface area contributed by atoms with Gasteiger partial charge in [0.05, 0.1) is 0 Å². The van der Waals surface area contributed by atoms with E-state index in [2.05, 4.69) is 5.32 Å². The van der Waals surface area contributed by atoms with Gasteiger partial charge in [-0.2, -0.15) is 0 Å². The highest BCUT2D eigenvalue weighted by Gasteiger charge is 2.22. The highest BCUT2D eigenvalue weighted by atomic mass is 35.5. The van der Waals surface area contributed by atoms with Crippen molar-refractivity contribution in [1.29, 1.82) is 0 Å². The van der Waals surface area contributed by atoms with Crippen LogP contribution in [0.4, 0.5) is 0 Å². The van der Waals surface area contributed by atoms with Crippen molar-refractivity contribution in [1.82, 2.24) is 5.32 Å². The quantitative estimate of drug-likeness (QED) is 0.850. The SMILES string of the molecule is CCC(C)NC(C(=O)O)c1ccc(Cl)cc1C. The fourth-order valence-corrected chi connectivity index (χ4v) is 1.89. The molecule has 0 aliphatic rings. The normalized spacial score (nSPS) is 14.4. The molecule has 0 fully saturated rings.